The van der Waals surface area contributed by atoms with E-state index in [9.17, 15) is 13.2 Å². The molecule has 0 heterocycles. The number of nitrogens with zero attached hydrogens (tertiary/aromatic N) is 1. The lowest BCUT2D eigenvalue weighted by Gasteiger charge is -2.28. The predicted octanol–water partition coefficient (Wildman–Crippen LogP) is 3.07. The summed E-state index contributed by atoms with van der Waals surface area (Å²) in [6, 6.07) is 16.1. The van der Waals surface area contributed by atoms with Gasteiger partial charge in [-0.15, -0.1) is 0 Å². The van der Waals surface area contributed by atoms with Crippen LogP contribution in [0.15, 0.2) is 54.6 Å². The average Bonchev–Trinajstić information content (AvgIpc) is 2.60. The van der Waals surface area contributed by atoms with Gasteiger partial charge in [-0.25, -0.2) is 8.42 Å². The molecule has 0 radical (unpaired) electrons. The maximum absolute atomic E-state index is 12.6. The van der Waals surface area contributed by atoms with E-state index in [1.165, 1.54) is 0 Å². The minimum atomic E-state index is -3.59. The standard InChI is InChI=1S/C20H26N2O3S/c1-15-10-12-19(13-11-15)22(26(4,24)25)17(3)20(23)21-14-16(2)18-8-6-5-7-9-18/h5-13,16-17H,14H2,1-4H3,(H,21,23)/t16-,17+/m1/s1. The van der Waals surface area contributed by atoms with E-state index >= 15 is 0 Å². The highest BCUT2D eigenvalue weighted by Gasteiger charge is 2.29. The van der Waals surface area contributed by atoms with Crippen molar-refractivity contribution < 1.29 is 13.2 Å². The molecule has 5 nitrogen and oxygen atoms in total. The van der Waals surface area contributed by atoms with Gasteiger partial charge in [-0.05, 0) is 37.5 Å². The second kappa shape index (κ2) is 8.36. The van der Waals surface area contributed by atoms with Crippen molar-refractivity contribution in [3.8, 4) is 0 Å². The normalized spacial score (nSPS) is 13.7. The van der Waals surface area contributed by atoms with Crippen molar-refractivity contribution in [1.82, 2.24) is 5.32 Å². The molecule has 0 saturated carbocycles. The third kappa shape index (κ3) is 5.08. The van der Waals surface area contributed by atoms with Crippen LogP contribution >= 0.6 is 0 Å². The van der Waals surface area contributed by atoms with Gasteiger partial charge in [0.05, 0.1) is 11.9 Å². The molecule has 0 aliphatic rings. The molecule has 0 aromatic heterocycles. The average molecular weight is 375 g/mol. The number of aryl methyl sites for hydroxylation is 1. The van der Waals surface area contributed by atoms with Gasteiger partial charge in [0.15, 0.2) is 0 Å². The molecule has 0 aliphatic heterocycles. The number of hydrogen-bond donors (Lipinski definition) is 1. The van der Waals surface area contributed by atoms with Gasteiger partial charge in [-0.1, -0.05) is 55.0 Å². The maximum atomic E-state index is 12.6. The Bertz CT molecular complexity index is 833. The van der Waals surface area contributed by atoms with E-state index in [1.807, 2.05) is 56.3 Å². The van der Waals surface area contributed by atoms with Crippen molar-refractivity contribution in [2.24, 2.45) is 0 Å². The van der Waals surface area contributed by atoms with Crippen LogP contribution in [0.2, 0.25) is 0 Å². The lowest BCUT2D eigenvalue weighted by molar-refractivity contribution is -0.121. The highest BCUT2D eigenvalue weighted by Crippen LogP contribution is 2.21. The maximum Gasteiger partial charge on any atom is 0.243 e. The Morgan fingerprint density at radius 1 is 1.04 bits per heavy atom. The minimum Gasteiger partial charge on any atom is -0.354 e. The van der Waals surface area contributed by atoms with E-state index in [2.05, 4.69) is 5.32 Å². The SMILES string of the molecule is Cc1ccc(N([C@@H](C)C(=O)NC[C@@H](C)c2ccccc2)S(C)(=O)=O)cc1. The molecule has 2 rings (SSSR count). The lowest BCUT2D eigenvalue weighted by atomic mass is 10.0. The number of benzene rings is 2. The molecule has 0 spiro atoms. The number of carbonyl (C=O) groups is 1. The van der Waals surface area contributed by atoms with Gasteiger partial charge >= 0.3 is 0 Å². The fourth-order valence-electron chi connectivity index (χ4n) is 2.80. The Hall–Kier alpha value is -2.34. The minimum absolute atomic E-state index is 0.137. The van der Waals surface area contributed by atoms with E-state index in [0.29, 0.717) is 12.2 Å². The molecule has 0 unspecified atom stereocenters. The van der Waals surface area contributed by atoms with Crippen LogP contribution in [0.1, 0.15) is 30.9 Å². The van der Waals surface area contributed by atoms with Gasteiger partial charge in [-0.2, -0.15) is 0 Å². The van der Waals surface area contributed by atoms with Crippen LogP contribution in [0, 0.1) is 6.92 Å². The molecule has 0 saturated heterocycles. The molecule has 6 heteroatoms. The molecule has 26 heavy (non-hydrogen) atoms. The zero-order valence-electron chi connectivity index (χ0n) is 15.6. The zero-order chi connectivity index (χ0) is 19.3. The zero-order valence-corrected chi connectivity index (χ0v) is 16.5. The largest absolute Gasteiger partial charge is 0.354 e. The third-order valence-corrected chi connectivity index (χ3v) is 5.57. The first kappa shape index (κ1) is 20.0. The monoisotopic (exact) mass is 374 g/mol. The molecule has 1 amide bonds. The Morgan fingerprint density at radius 3 is 2.15 bits per heavy atom. The second-order valence-corrected chi connectivity index (χ2v) is 8.49. The van der Waals surface area contributed by atoms with Crippen molar-refractivity contribution in [3.05, 3.63) is 65.7 Å². The molecular formula is C20H26N2O3S. The molecule has 0 aliphatic carbocycles. The first-order valence-corrected chi connectivity index (χ1v) is 10.4. The number of anilines is 1. The number of hydrogen-bond acceptors (Lipinski definition) is 3. The number of sulfonamides is 1. The van der Waals surface area contributed by atoms with Gasteiger partial charge in [0.1, 0.15) is 6.04 Å². The number of carbonyl (C=O) groups excluding carboxylic acids is 1. The summed E-state index contributed by atoms with van der Waals surface area (Å²) in [6.45, 7) is 5.99. The topological polar surface area (TPSA) is 66.5 Å². The van der Waals surface area contributed by atoms with Crippen molar-refractivity contribution in [2.75, 3.05) is 17.1 Å². The summed E-state index contributed by atoms with van der Waals surface area (Å²) in [7, 11) is -3.59. The molecule has 0 fully saturated rings. The number of amides is 1. The molecule has 2 atom stereocenters. The molecule has 2 aromatic carbocycles. The first-order chi connectivity index (χ1) is 12.2. The van der Waals surface area contributed by atoms with Gasteiger partial charge in [0.2, 0.25) is 15.9 Å². The van der Waals surface area contributed by atoms with E-state index in [1.54, 1.807) is 19.1 Å². The van der Waals surface area contributed by atoms with Crippen molar-refractivity contribution in [1.29, 1.82) is 0 Å². The van der Waals surface area contributed by atoms with Crippen LogP contribution in [-0.4, -0.2) is 33.2 Å². The summed E-state index contributed by atoms with van der Waals surface area (Å²) in [5.41, 5.74) is 2.63. The van der Waals surface area contributed by atoms with Crippen LogP contribution in [-0.2, 0) is 14.8 Å². The molecule has 0 bridgehead atoms. The summed E-state index contributed by atoms with van der Waals surface area (Å²) in [5, 5.41) is 2.87. The molecule has 1 N–H and O–H groups in total. The Kier molecular flexibility index (Phi) is 6.42. The van der Waals surface area contributed by atoms with Crippen molar-refractivity contribution in [2.45, 2.75) is 32.7 Å². The smallest absolute Gasteiger partial charge is 0.243 e. The summed E-state index contributed by atoms with van der Waals surface area (Å²) in [5.74, 6) is -0.183. The van der Waals surface area contributed by atoms with Crippen LogP contribution in [0.3, 0.4) is 0 Å². The molecule has 2 aromatic rings. The van der Waals surface area contributed by atoms with Crippen LogP contribution in [0.4, 0.5) is 5.69 Å². The van der Waals surface area contributed by atoms with E-state index in [0.717, 1.165) is 21.7 Å². The Labute approximate surface area is 156 Å². The molecule has 140 valence electrons. The van der Waals surface area contributed by atoms with Crippen molar-refractivity contribution >= 4 is 21.6 Å². The second-order valence-electron chi connectivity index (χ2n) is 6.63. The first-order valence-electron chi connectivity index (χ1n) is 8.59. The summed E-state index contributed by atoms with van der Waals surface area (Å²) in [6.07, 6.45) is 1.11. The van der Waals surface area contributed by atoms with Crippen LogP contribution < -0.4 is 9.62 Å². The van der Waals surface area contributed by atoms with E-state index in [-0.39, 0.29) is 11.8 Å². The fourth-order valence-corrected chi connectivity index (χ4v) is 3.98. The van der Waals surface area contributed by atoms with E-state index < -0.39 is 16.1 Å². The summed E-state index contributed by atoms with van der Waals surface area (Å²) >= 11 is 0. The summed E-state index contributed by atoms with van der Waals surface area (Å²) < 4.78 is 25.7. The molecular weight excluding hydrogens is 348 g/mol. The fraction of sp³-hybridized carbons (Fsp3) is 0.350. The number of nitrogens with one attached hydrogen (secondary N) is 1. The highest BCUT2D eigenvalue weighted by atomic mass is 32.2. The van der Waals surface area contributed by atoms with Gasteiger partial charge < -0.3 is 5.32 Å². The lowest BCUT2D eigenvalue weighted by Crippen LogP contribution is -2.48. The van der Waals surface area contributed by atoms with E-state index in [4.69, 9.17) is 0 Å². The van der Waals surface area contributed by atoms with Crippen LogP contribution in [0.5, 0.6) is 0 Å². The Balaban J connectivity index is 2.11. The van der Waals surface area contributed by atoms with Gasteiger partial charge in [-0.3, -0.25) is 9.10 Å². The highest BCUT2D eigenvalue weighted by molar-refractivity contribution is 7.92. The predicted molar refractivity (Wildman–Crippen MR) is 106 cm³/mol. The van der Waals surface area contributed by atoms with Crippen LogP contribution in [0.25, 0.3) is 0 Å². The van der Waals surface area contributed by atoms with Gasteiger partial charge in [0, 0.05) is 6.54 Å². The number of rotatable bonds is 7. The quantitative estimate of drug-likeness (QED) is 0.810. The third-order valence-electron chi connectivity index (χ3n) is 4.33. The van der Waals surface area contributed by atoms with Crippen molar-refractivity contribution in [3.63, 3.8) is 0 Å². The summed E-state index contributed by atoms with van der Waals surface area (Å²) in [4.78, 5) is 12.6. The Morgan fingerprint density at radius 2 is 1.62 bits per heavy atom. The van der Waals surface area contributed by atoms with Gasteiger partial charge in [0.25, 0.3) is 0 Å².